The van der Waals surface area contributed by atoms with Crippen LogP contribution in [0.25, 0.3) is 0 Å². The molecule has 0 saturated heterocycles. The smallest absolute Gasteiger partial charge is 0.261 e. The van der Waals surface area contributed by atoms with Gasteiger partial charge in [0.15, 0.2) is 0 Å². The van der Waals surface area contributed by atoms with Gasteiger partial charge in [0.25, 0.3) is 8.32 Å². The number of rotatable bonds is 5. The van der Waals surface area contributed by atoms with Gasteiger partial charge < -0.3 is 4.43 Å². The van der Waals surface area contributed by atoms with E-state index in [1.807, 2.05) is 0 Å². The molecule has 0 bridgehead atoms. The molecule has 5 heteroatoms. The van der Waals surface area contributed by atoms with Crippen LogP contribution in [0, 0.1) is 0 Å². The minimum atomic E-state index is -2.43. The van der Waals surface area contributed by atoms with Crippen LogP contribution in [0.15, 0.2) is 65.7 Å². The van der Waals surface area contributed by atoms with Gasteiger partial charge in [0.05, 0.1) is 17.7 Å². The van der Waals surface area contributed by atoms with E-state index < -0.39 is 8.32 Å². The average Bonchev–Trinajstić information content (AvgIpc) is 3.11. The SMILES string of the molecule is CSC1=N[C@@H](CO[Si](c2ccccc2)(c2ccccc2)C(C)(C)C)CC1.Cl. The Labute approximate surface area is 175 Å². The Morgan fingerprint density at radius 2 is 1.52 bits per heavy atom. The summed E-state index contributed by atoms with van der Waals surface area (Å²) in [5.41, 5.74) is 0. The van der Waals surface area contributed by atoms with Gasteiger partial charge in [-0.1, -0.05) is 81.4 Å². The van der Waals surface area contributed by atoms with Crippen molar-refractivity contribution in [3.63, 3.8) is 0 Å². The third-order valence-corrected chi connectivity index (χ3v) is 10.9. The molecular formula is C22H30ClNOSSi. The lowest BCUT2D eigenvalue weighted by atomic mass is 10.2. The summed E-state index contributed by atoms with van der Waals surface area (Å²) in [6.07, 6.45) is 4.31. The largest absolute Gasteiger partial charge is 0.405 e. The van der Waals surface area contributed by atoms with E-state index in [1.165, 1.54) is 15.4 Å². The maximum atomic E-state index is 6.97. The molecule has 0 aromatic heterocycles. The maximum Gasteiger partial charge on any atom is 0.261 e. The van der Waals surface area contributed by atoms with Crippen molar-refractivity contribution in [2.24, 2.45) is 4.99 Å². The summed E-state index contributed by atoms with van der Waals surface area (Å²) in [4.78, 5) is 4.86. The van der Waals surface area contributed by atoms with E-state index in [-0.39, 0.29) is 17.4 Å². The van der Waals surface area contributed by atoms with Crippen LogP contribution in [-0.4, -0.2) is 32.3 Å². The Kier molecular flexibility index (Phi) is 7.75. The van der Waals surface area contributed by atoms with Crippen molar-refractivity contribution in [3.05, 3.63) is 60.7 Å². The molecule has 1 aliphatic heterocycles. The summed E-state index contributed by atoms with van der Waals surface area (Å²) in [7, 11) is -2.43. The number of aliphatic imine (C=N–C) groups is 1. The standard InChI is InChI=1S/C22H29NOSSi.ClH/c1-22(2,3)26(19-11-7-5-8-12-19,20-13-9-6-10-14-20)24-17-18-15-16-21(23-18)25-4;/h5-14,18H,15-17H2,1-4H3;1H/t18-;/m1./s1. The van der Waals surface area contributed by atoms with Gasteiger partial charge in [-0.3, -0.25) is 4.99 Å². The van der Waals surface area contributed by atoms with E-state index >= 15 is 0 Å². The molecule has 2 nitrogen and oxygen atoms in total. The normalized spacial score (nSPS) is 17.3. The van der Waals surface area contributed by atoms with Gasteiger partial charge >= 0.3 is 0 Å². The molecule has 3 rings (SSSR count). The molecule has 2 aromatic rings. The predicted octanol–water partition coefficient (Wildman–Crippen LogP) is 4.91. The molecule has 1 heterocycles. The number of benzene rings is 2. The highest BCUT2D eigenvalue weighted by Gasteiger charge is 2.50. The summed E-state index contributed by atoms with van der Waals surface area (Å²) in [5.74, 6) is 0. The van der Waals surface area contributed by atoms with Crippen molar-refractivity contribution in [2.45, 2.75) is 44.7 Å². The van der Waals surface area contributed by atoms with Gasteiger partial charge in [-0.05, 0) is 34.5 Å². The highest BCUT2D eigenvalue weighted by Crippen LogP contribution is 2.37. The molecule has 146 valence electrons. The lowest BCUT2D eigenvalue weighted by Crippen LogP contribution is -2.67. The molecule has 27 heavy (non-hydrogen) atoms. The van der Waals surface area contributed by atoms with Crippen LogP contribution in [0.2, 0.25) is 5.04 Å². The second-order valence-corrected chi connectivity index (χ2v) is 13.1. The van der Waals surface area contributed by atoms with Crippen LogP contribution in [-0.2, 0) is 4.43 Å². The summed E-state index contributed by atoms with van der Waals surface area (Å²) < 4.78 is 6.97. The lowest BCUT2D eigenvalue weighted by molar-refractivity contribution is 0.272. The van der Waals surface area contributed by atoms with E-state index in [0.29, 0.717) is 12.6 Å². The molecule has 0 fully saturated rings. The fraction of sp³-hybridized carbons (Fsp3) is 0.409. The lowest BCUT2D eigenvalue weighted by Gasteiger charge is -2.43. The molecule has 0 unspecified atom stereocenters. The molecule has 0 aliphatic carbocycles. The molecule has 0 saturated carbocycles. The highest BCUT2D eigenvalue weighted by molar-refractivity contribution is 8.13. The van der Waals surface area contributed by atoms with E-state index in [4.69, 9.17) is 9.42 Å². The summed E-state index contributed by atoms with van der Waals surface area (Å²) in [5, 5.41) is 3.97. The molecule has 1 aliphatic rings. The second-order valence-electron chi connectivity index (χ2n) is 7.89. The van der Waals surface area contributed by atoms with E-state index in [9.17, 15) is 0 Å². The van der Waals surface area contributed by atoms with E-state index in [2.05, 4.69) is 87.7 Å². The van der Waals surface area contributed by atoms with Gasteiger partial charge in [0, 0.05) is 0 Å². The van der Waals surface area contributed by atoms with Crippen molar-refractivity contribution in [1.29, 1.82) is 0 Å². The topological polar surface area (TPSA) is 21.6 Å². The zero-order valence-corrected chi connectivity index (χ0v) is 19.3. The van der Waals surface area contributed by atoms with Crippen molar-refractivity contribution >= 4 is 47.9 Å². The average molecular weight is 420 g/mol. The van der Waals surface area contributed by atoms with Gasteiger partial charge in [-0.2, -0.15) is 0 Å². The molecule has 0 N–H and O–H groups in total. The molecule has 2 aromatic carbocycles. The van der Waals surface area contributed by atoms with Gasteiger partial charge in [0.1, 0.15) is 0 Å². The Balaban J connectivity index is 0.00000261. The van der Waals surface area contributed by atoms with Crippen molar-refractivity contribution in [1.82, 2.24) is 0 Å². The summed E-state index contributed by atoms with van der Waals surface area (Å²) in [6, 6.07) is 22.0. The van der Waals surface area contributed by atoms with Gasteiger partial charge in [-0.25, -0.2) is 0 Å². The van der Waals surface area contributed by atoms with Crippen molar-refractivity contribution in [3.8, 4) is 0 Å². The fourth-order valence-electron chi connectivity index (χ4n) is 3.88. The quantitative estimate of drug-likeness (QED) is 0.642. The first-order valence-electron chi connectivity index (χ1n) is 9.33. The Morgan fingerprint density at radius 3 is 1.93 bits per heavy atom. The van der Waals surface area contributed by atoms with Crippen LogP contribution in [0.4, 0.5) is 0 Å². The third kappa shape index (κ3) is 4.68. The Bertz CT molecular complexity index is 706. The maximum absolute atomic E-state index is 6.97. The van der Waals surface area contributed by atoms with Crippen LogP contribution in [0.5, 0.6) is 0 Å². The number of hydrogen-bond donors (Lipinski definition) is 0. The Hall–Kier alpha value is -1.07. The van der Waals surface area contributed by atoms with Crippen LogP contribution < -0.4 is 10.4 Å². The van der Waals surface area contributed by atoms with Crippen LogP contribution in [0.3, 0.4) is 0 Å². The third-order valence-electron chi connectivity index (χ3n) is 5.16. The number of halogens is 1. The summed E-state index contributed by atoms with van der Waals surface area (Å²) in [6.45, 7) is 7.68. The monoisotopic (exact) mass is 419 g/mol. The van der Waals surface area contributed by atoms with Crippen LogP contribution in [0.1, 0.15) is 33.6 Å². The van der Waals surface area contributed by atoms with Crippen molar-refractivity contribution < 1.29 is 4.43 Å². The molecule has 0 amide bonds. The van der Waals surface area contributed by atoms with Crippen molar-refractivity contribution in [2.75, 3.05) is 12.9 Å². The first-order valence-corrected chi connectivity index (χ1v) is 12.5. The minimum Gasteiger partial charge on any atom is -0.405 e. The number of hydrogen-bond acceptors (Lipinski definition) is 3. The number of thioether (sulfide) groups is 1. The number of nitrogens with zero attached hydrogens (tertiary/aromatic N) is 1. The minimum absolute atomic E-state index is 0. The van der Waals surface area contributed by atoms with E-state index in [0.717, 1.165) is 12.8 Å². The summed E-state index contributed by atoms with van der Waals surface area (Å²) >= 11 is 1.77. The zero-order valence-electron chi connectivity index (χ0n) is 16.6. The van der Waals surface area contributed by atoms with Crippen LogP contribution >= 0.6 is 24.2 Å². The predicted molar refractivity (Wildman–Crippen MR) is 125 cm³/mol. The first-order chi connectivity index (χ1) is 12.5. The molecule has 0 radical (unpaired) electrons. The van der Waals surface area contributed by atoms with Gasteiger partial charge in [-0.15, -0.1) is 24.2 Å². The van der Waals surface area contributed by atoms with Gasteiger partial charge in [0.2, 0.25) is 0 Å². The highest BCUT2D eigenvalue weighted by atomic mass is 35.5. The Morgan fingerprint density at radius 1 is 1.00 bits per heavy atom. The molecule has 1 atom stereocenters. The van der Waals surface area contributed by atoms with E-state index in [1.54, 1.807) is 11.8 Å². The zero-order chi connectivity index (χ0) is 18.6. The second kappa shape index (κ2) is 9.42. The first kappa shape index (κ1) is 22.2. The molecule has 0 spiro atoms. The molecular weight excluding hydrogens is 390 g/mol. The fourth-order valence-corrected chi connectivity index (χ4v) is 9.06.